The van der Waals surface area contributed by atoms with E-state index < -0.39 is 0 Å². The number of hydrogen-bond donors (Lipinski definition) is 5. The van der Waals surface area contributed by atoms with Gasteiger partial charge >= 0.3 is 0 Å². The van der Waals surface area contributed by atoms with Crippen LogP contribution in [0.5, 0.6) is 0 Å². The Kier molecular flexibility index (Phi) is 79.6. The molecule has 9 nitrogen and oxygen atoms in total. The van der Waals surface area contributed by atoms with Crippen LogP contribution in [0.3, 0.4) is 0 Å². The summed E-state index contributed by atoms with van der Waals surface area (Å²) in [5.41, 5.74) is 14.1. The Morgan fingerprint density at radius 1 is 0.298 bits per heavy atom. The summed E-state index contributed by atoms with van der Waals surface area (Å²) in [4.78, 5) is 40.9. The number of carbonyl (C=O) groups is 3. The molecule has 0 bridgehead atoms. The van der Waals surface area contributed by atoms with Crippen LogP contribution in [0.15, 0.2) is 48.5 Å². The summed E-state index contributed by atoms with van der Waals surface area (Å²) in [7, 11) is 0. The smallest absolute Gasteiger partial charge is 0.278 e. The van der Waals surface area contributed by atoms with Gasteiger partial charge in [-0.3, -0.25) is 14.4 Å². The molecule has 0 aliphatic carbocycles. The number of aromatic nitrogens is 1. The Morgan fingerprint density at radius 3 is 0.798 bits per heavy atom. The monoisotopic (exact) mass is 1610 g/mol. The first kappa shape index (κ1) is 124. The largest absolute Gasteiger partial charge is 0.352 e. The molecule has 9 heteroatoms. The Labute approximate surface area is 716 Å². The topological polar surface area (TPSA) is 155 Å². The lowest BCUT2D eigenvalue weighted by molar-refractivity contribution is -0.405. The van der Waals surface area contributed by atoms with Crippen molar-refractivity contribution in [1.82, 2.24) is 20.9 Å². The lowest BCUT2D eigenvalue weighted by Crippen LogP contribution is -2.67. The average Bonchev–Trinajstić information content (AvgIpc) is 0.770. The highest BCUT2D eigenvalue weighted by atomic mass is 16.2. The van der Waals surface area contributed by atoms with Crippen molar-refractivity contribution in [3.8, 4) is 0 Å². The molecule has 2 atom stereocenters. The molecule has 0 spiro atoms. The molecule has 0 saturated carbocycles. The van der Waals surface area contributed by atoms with Crippen LogP contribution in [-0.4, -0.2) is 54.4 Å². The fourth-order valence-electron chi connectivity index (χ4n) is 11.3. The quantitative estimate of drug-likeness (QED) is 0.0286. The molecule has 0 saturated heterocycles. The maximum atomic E-state index is 12.9. The predicted molar refractivity (Wildman–Crippen MR) is 518 cm³/mol. The van der Waals surface area contributed by atoms with Crippen molar-refractivity contribution in [3.63, 3.8) is 0 Å². The van der Waals surface area contributed by atoms with Gasteiger partial charge in [-0.2, -0.15) is 0 Å². The molecular weight excluding hydrogens is 1390 g/mol. The average molecular weight is 1610 g/mol. The van der Waals surface area contributed by atoms with Gasteiger partial charge < -0.3 is 27.4 Å². The van der Waals surface area contributed by atoms with Crippen LogP contribution in [0.2, 0.25) is 0 Å². The third-order valence-electron chi connectivity index (χ3n) is 19.6. The van der Waals surface area contributed by atoms with E-state index in [9.17, 15) is 14.4 Å². The summed E-state index contributed by atoms with van der Waals surface area (Å²) < 4.78 is 0. The molecule has 0 radical (unpaired) electrons. The number of pyridine rings is 1. The Morgan fingerprint density at radius 2 is 0.535 bits per heavy atom. The first-order valence-electron chi connectivity index (χ1n) is 47.8. The van der Waals surface area contributed by atoms with Gasteiger partial charge in [0.2, 0.25) is 0 Å². The molecular formula is C105H212N6O3+2. The number of rotatable bonds is 38. The summed E-state index contributed by atoms with van der Waals surface area (Å²) in [6.45, 7) is 85.8. The minimum atomic E-state index is -0.0773. The van der Waals surface area contributed by atoms with Crippen molar-refractivity contribution in [2.75, 3.05) is 19.6 Å². The summed E-state index contributed by atoms with van der Waals surface area (Å²) in [5.74, 6) is 2.00. The molecule has 0 unspecified atom stereocenters. The number of nitrogens with one attached hydrogen (secondary N) is 3. The van der Waals surface area contributed by atoms with Gasteiger partial charge in [-0.15, -0.1) is 0 Å². The fourth-order valence-corrected chi connectivity index (χ4v) is 11.3. The van der Waals surface area contributed by atoms with Gasteiger partial charge in [0.1, 0.15) is 0 Å². The standard InChI is InChI=1S/C22H26N2O.C15H32N2O.C13H28N2O.C11H24.3C9H20.C7H16.2C5H12/c1-22(2,3)14-8-9-15-23-21(25)20-16-10-4-6-12-18(16)24-19-13-7-5-11-17(19)20;1-5-6-7-10-13(16)14(18)17-12-9-8-11-15(2,3)4;1-5-6-7-8-11(14)12(16)15-10-9-13(2,3)4;1-5-6-7-8-9-10-11(2,3)4;3*1-5-6-7-8-9(2,3)4;1-5-6-7(2,3)4;2*1-4-5(2)3/h4-7,10-13H,8-9,14-15H2,1-3H3,(H,23,25);13H,5-12,16H2,1-4H3,(H,17,18);11H,5-10,14H2,1-4H3,(H,15,16);5-10H2,1-4H3;3*5-8H2,1-4H3;5-6H2,1-4H3;2*5H,4H2,1-3H3/p+2/t;13-;11-;;;;;;;/m.11......./s1. The van der Waals surface area contributed by atoms with E-state index in [0.717, 1.165) is 104 Å². The van der Waals surface area contributed by atoms with Crippen molar-refractivity contribution in [1.29, 1.82) is 0 Å². The molecule has 3 amide bonds. The van der Waals surface area contributed by atoms with Gasteiger partial charge in [0.15, 0.2) is 12.1 Å². The van der Waals surface area contributed by atoms with Crippen molar-refractivity contribution >= 4 is 39.5 Å². The van der Waals surface area contributed by atoms with Crippen LogP contribution in [-0.2, 0) is 9.59 Å². The van der Waals surface area contributed by atoms with Crippen LogP contribution >= 0.6 is 0 Å². The number of para-hydroxylation sites is 2. The van der Waals surface area contributed by atoms with Crippen LogP contribution in [0.4, 0.5) is 0 Å². The SMILES string of the molecule is CC(C)(C)CCCCNC(=O)c1c2ccccc2nc2ccccc12.CCC(C)C.CCC(C)C.CCCC(C)(C)C.CCCCCC(C)(C)C.CCCCCC(C)(C)C.CCCCCC(C)(C)C.CCCCCCCC(C)(C)C.CCCCC[C@@H]([NH3+])C(=O)NCCC(C)(C)C.CCCCC[C@@H]([NH3+])C(=O)NCCCCC(C)(C)C. The van der Waals surface area contributed by atoms with Gasteiger partial charge in [-0.1, -0.05) is 440 Å². The Hall–Kier alpha value is -3.56. The van der Waals surface area contributed by atoms with Crippen LogP contribution < -0.4 is 27.4 Å². The maximum Gasteiger partial charge on any atom is 0.278 e. The molecule has 114 heavy (non-hydrogen) atoms. The summed E-state index contributed by atoms with van der Waals surface area (Å²) in [5, 5.41) is 10.9. The van der Waals surface area contributed by atoms with E-state index in [-0.39, 0.29) is 35.2 Å². The van der Waals surface area contributed by atoms with Gasteiger partial charge in [0.05, 0.1) is 16.6 Å². The molecule has 678 valence electrons. The molecule has 3 rings (SSSR count). The second-order valence-electron chi connectivity index (χ2n) is 43.8. The van der Waals surface area contributed by atoms with E-state index in [1.165, 1.54) is 186 Å². The van der Waals surface area contributed by atoms with Crippen molar-refractivity contribution in [2.24, 2.45) is 55.2 Å². The first-order valence-corrected chi connectivity index (χ1v) is 47.8. The number of hydrogen-bond acceptors (Lipinski definition) is 4. The van der Waals surface area contributed by atoms with Crippen molar-refractivity contribution < 1.29 is 25.9 Å². The highest BCUT2D eigenvalue weighted by Crippen LogP contribution is 2.29. The molecule has 0 aliphatic rings. The number of carbonyl (C=O) groups excluding carboxylic acids is 3. The summed E-state index contributed by atoms with van der Waals surface area (Å²) >= 11 is 0. The highest BCUT2D eigenvalue weighted by molar-refractivity contribution is 6.16. The minimum Gasteiger partial charge on any atom is -0.352 e. The molecule has 0 fully saturated rings. The normalized spacial score (nSPS) is 12.2. The summed E-state index contributed by atoms with van der Waals surface area (Å²) in [6, 6.07) is 15.6. The van der Waals surface area contributed by atoms with Gasteiger partial charge in [0, 0.05) is 43.2 Å². The number of amides is 3. The van der Waals surface area contributed by atoms with Crippen LogP contribution in [0, 0.1) is 55.2 Å². The lowest BCUT2D eigenvalue weighted by atomic mass is 9.89. The van der Waals surface area contributed by atoms with Crippen molar-refractivity contribution in [2.45, 2.75) is 506 Å². The third kappa shape index (κ3) is 101. The fraction of sp³-hybridized carbons (Fsp3) is 0.848. The Balaban J connectivity index is -0.000000233. The van der Waals surface area contributed by atoms with E-state index in [1.807, 2.05) is 48.5 Å². The molecule has 1 heterocycles. The van der Waals surface area contributed by atoms with E-state index in [2.05, 4.69) is 289 Å². The molecule has 0 aliphatic heterocycles. The summed E-state index contributed by atoms with van der Waals surface area (Å²) in [6.07, 6.45) is 46.9. The number of nitrogens with zero attached hydrogens (tertiary/aromatic N) is 1. The Bertz CT molecular complexity index is 2490. The van der Waals surface area contributed by atoms with Gasteiger partial charge in [-0.25, -0.2) is 4.98 Å². The first-order chi connectivity index (χ1) is 52.5. The van der Waals surface area contributed by atoms with E-state index in [1.54, 1.807) is 0 Å². The molecule has 3 aromatic rings. The molecule has 2 aromatic carbocycles. The second-order valence-corrected chi connectivity index (χ2v) is 43.8. The van der Waals surface area contributed by atoms with Crippen LogP contribution in [0.25, 0.3) is 21.8 Å². The zero-order valence-corrected chi connectivity index (χ0v) is 84.8. The maximum absolute atomic E-state index is 12.9. The zero-order chi connectivity index (χ0) is 89.7. The number of unbranched alkanes of at least 4 members (excludes halogenated alkanes) is 16. The zero-order valence-electron chi connectivity index (χ0n) is 84.8. The number of fused-ring (bicyclic) bond motifs is 2. The van der Waals surface area contributed by atoms with E-state index in [4.69, 9.17) is 0 Å². The molecule has 9 N–H and O–H groups in total. The number of benzene rings is 2. The minimum absolute atomic E-state index is 0.00874. The van der Waals surface area contributed by atoms with E-state index in [0.29, 0.717) is 44.4 Å². The van der Waals surface area contributed by atoms with Gasteiger partial charge in [0.25, 0.3) is 17.7 Å². The van der Waals surface area contributed by atoms with Crippen molar-refractivity contribution in [3.05, 3.63) is 54.1 Å². The lowest BCUT2D eigenvalue weighted by Gasteiger charge is -2.18. The third-order valence-corrected chi connectivity index (χ3v) is 19.6. The van der Waals surface area contributed by atoms with E-state index >= 15 is 0 Å². The number of quaternary nitrogens is 2. The predicted octanol–water partition coefficient (Wildman–Crippen LogP) is 31.7. The second kappa shape index (κ2) is 73.4. The highest BCUT2D eigenvalue weighted by Gasteiger charge is 2.21. The molecule has 1 aromatic heterocycles. The van der Waals surface area contributed by atoms with Gasteiger partial charge in [-0.05, 0) is 144 Å². The van der Waals surface area contributed by atoms with Crippen LogP contribution in [0.1, 0.15) is 504 Å².